The maximum atomic E-state index is 10.5. The summed E-state index contributed by atoms with van der Waals surface area (Å²) in [5, 5.41) is 10.5. The van der Waals surface area contributed by atoms with Crippen LogP contribution in [-0.4, -0.2) is 19.2 Å². The Morgan fingerprint density at radius 1 is 1.50 bits per heavy atom. The molecule has 0 saturated carbocycles. The number of carboxylic acids is 1. The number of carboxylic acid groups (broad SMARTS) is 1. The van der Waals surface area contributed by atoms with Crippen LogP contribution in [0.3, 0.4) is 0 Å². The smallest absolute Gasteiger partial charge is 0.0546 e. The van der Waals surface area contributed by atoms with Crippen molar-refractivity contribution in [2.24, 2.45) is 5.92 Å². The third-order valence-corrected chi connectivity index (χ3v) is 1.76. The van der Waals surface area contributed by atoms with Crippen molar-refractivity contribution in [2.75, 3.05) is 13.2 Å². The third-order valence-electron chi connectivity index (χ3n) is 1.76. The molecule has 0 aliphatic rings. The molecule has 1 unspecified atom stereocenters. The van der Waals surface area contributed by atoms with Gasteiger partial charge in [-0.05, 0) is 13.3 Å². The summed E-state index contributed by atoms with van der Waals surface area (Å²) < 4.78 is 5.03. The zero-order valence-electron chi connectivity index (χ0n) is 7.84. The normalized spacial score (nSPS) is 12.8. The van der Waals surface area contributed by atoms with E-state index in [4.69, 9.17) is 4.74 Å². The molecule has 0 rings (SSSR count). The minimum atomic E-state index is -0.989. The van der Waals surface area contributed by atoms with E-state index in [2.05, 4.69) is 0 Å². The van der Waals surface area contributed by atoms with Crippen molar-refractivity contribution in [3.05, 3.63) is 0 Å². The van der Waals surface area contributed by atoms with Gasteiger partial charge in [-0.25, -0.2) is 0 Å². The van der Waals surface area contributed by atoms with Crippen molar-refractivity contribution >= 4 is 5.97 Å². The molecule has 0 amide bonds. The molecule has 0 heterocycles. The fourth-order valence-electron chi connectivity index (χ4n) is 0.980. The van der Waals surface area contributed by atoms with Crippen molar-refractivity contribution in [3.63, 3.8) is 0 Å². The third kappa shape index (κ3) is 5.13. The molecule has 0 saturated heterocycles. The minimum absolute atomic E-state index is 0.291. The highest BCUT2D eigenvalue weighted by Crippen LogP contribution is 2.07. The second-order valence-corrected chi connectivity index (χ2v) is 2.82. The van der Waals surface area contributed by atoms with Gasteiger partial charge in [0.25, 0.3) is 0 Å². The van der Waals surface area contributed by atoms with Gasteiger partial charge in [0.1, 0.15) is 0 Å². The molecule has 0 aromatic carbocycles. The summed E-state index contributed by atoms with van der Waals surface area (Å²) in [5.74, 6) is -1.42. The van der Waals surface area contributed by atoms with Gasteiger partial charge in [0.15, 0.2) is 0 Å². The summed E-state index contributed by atoms with van der Waals surface area (Å²) >= 11 is 0. The predicted octanol–water partition coefficient (Wildman–Crippen LogP) is 0.579. The largest absolute Gasteiger partial charge is 0.550 e. The first-order valence-corrected chi connectivity index (χ1v) is 4.50. The van der Waals surface area contributed by atoms with E-state index >= 15 is 0 Å². The van der Waals surface area contributed by atoms with Crippen molar-refractivity contribution in [2.45, 2.75) is 33.1 Å². The standard InChI is InChI=1S/C9H18O3/c1-3-5-6-8(9(10)11)7-12-4-2/h8H,3-7H2,1-2H3,(H,10,11)/p-1. The highest BCUT2D eigenvalue weighted by molar-refractivity contribution is 5.67. The van der Waals surface area contributed by atoms with Crippen molar-refractivity contribution in [3.8, 4) is 0 Å². The number of ether oxygens (including phenoxy) is 1. The monoisotopic (exact) mass is 173 g/mol. The van der Waals surface area contributed by atoms with Crippen LogP contribution in [0.4, 0.5) is 0 Å². The lowest BCUT2D eigenvalue weighted by atomic mass is 10.0. The average Bonchev–Trinajstić information content (AvgIpc) is 2.04. The number of hydrogen-bond donors (Lipinski definition) is 0. The molecular formula is C9H17O3-. The lowest BCUT2D eigenvalue weighted by Crippen LogP contribution is -2.34. The Hall–Kier alpha value is -0.570. The Balaban J connectivity index is 3.62. The number of carbonyl (C=O) groups excluding carboxylic acids is 1. The maximum absolute atomic E-state index is 10.5. The van der Waals surface area contributed by atoms with Crippen LogP contribution in [0, 0.1) is 5.92 Å². The van der Waals surface area contributed by atoms with Gasteiger partial charge in [-0.1, -0.05) is 19.8 Å². The molecule has 72 valence electrons. The summed E-state index contributed by atoms with van der Waals surface area (Å²) in [6.07, 6.45) is 2.60. The summed E-state index contributed by atoms with van der Waals surface area (Å²) in [4.78, 5) is 10.5. The molecule has 0 fully saturated rings. The molecule has 1 atom stereocenters. The SMILES string of the molecule is CCCCC(COCC)C(=O)[O-]. The zero-order chi connectivity index (χ0) is 9.40. The van der Waals surface area contributed by atoms with E-state index in [1.54, 1.807) is 0 Å². The highest BCUT2D eigenvalue weighted by atomic mass is 16.5. The van der Waals surface area contributed by atoms with Crippen LogP contribution in [0.25, 0.3) is 0 Å². The molecule has 3 nitrogen and oxygen atoms in total. The van der Waals surface area contributed by atoms with Crippen molar-refractivity contribution in [1.29, 1.82) is 0 Å². The van der Waals surface area contributed by atoms with Gasteiger partial charge in [-0.3, -0.25) is 0 Å². The van der Waals surface area contributed by atoms with Gasteiger partial charge in [-0.15, -0.1) is 0 Å². The first-order valence-electron chi connectivity index (χ1n) is 4.50. The summed E-state index contributed by atoms with van der Waals surface area (Å²) in [6, 6.07) is 0. The van der Waals surface area contributed by atoms with Gasteiger partial charge in [-0.2, -0.15) is 0 Å². The zero-order valence-corrected chi connectivity index (χ0v) is 7.84. The summed E-state index contributed by atoms with van der Waals surface area (Å²) in [6.45, 7) is 4.74. The lowest BCUT2D eigenvalue weighted by Gasteiger charge is -2.16. The molecule has 12 heavy (non-hydrogen) atoms. The average molecular weight is 173 g/mol. The van der Waals surface area contributed by atoms with Crippen molar-refractivity contribution in [1.82, 2.24) is 0 Å². The number of unbranched alkanes of at least 4 members (excludes halogenated alkanes) is 1. The molecular weight excluding hydrogens is 156 g/mol. The molecule has 0 aliphatic heterocycles. The molecule has 0 spiro atoms. The Morgan fingerprint density at radius 2 is 2.17 bits per heavy atom. The minimum Gasteiger partial charge on any atom is -0.550 e. The topological polar surface area (TPSA) is 49.4 Å². The van der Waals surface area contributed by atoms with Crippen LogP contribution in [0.1, 0.15) is 33.1 Å². The van der Waals surface area contributed by atoms with Crippen LogP contribution in [0.15, 0.2) is 0 Å². The van der Waals surface area contributed by atoms with Crippen LogP contribution in [0.2, 0.25) is 0 Å². The number of hydrogen-bond acceptors (Lipinski definition) is 3. The van der Waals surface area contributed by atoms with E-state index in [0.29, 0.717) is 19.6 Å². The summed E-state index contributed by atoms with van der Waals surface area (Å²) in [7, 11) is 0. The number of aliphatic carboxylic acids is 1. The first-order chi connectivity index (χ1) is 5.72. The van der Waals surface area contributed by atoms with Gasteiger partial charge < -0.3 is 14.6 Å². The van der Waals surface area contributed by atoms with Gasteiger partial charge in [0.05, 0.1) is 6.61 Å². The van der Waals surface area contributed by atoms with Gasteiger partial charge >= 0.3 is 0 Å². The van der Waals surface area contributed by atoms with E-state index < -0.39 is 11.9 Å². The Kier molecular flexibility index (Phi) is 6.76. The molecule has 0 bridgehead atoms. The Morgan fingerprint density at radius 3 is 2.58 bits per heavy atom. The van der Waals surface area contributed by atoms with E-state index in [1.165, 1.54) is 0 Å². The second-order valence-electron chi connectivity index (χ2n) is 2.82. The number of rotatable bonds is 7. The maximum Gasteiger partial charge on any atom is 0.0546 e. The highest BCUT2D eigenvalue weighted by Gasteiger charge is 2.08. The second kappa shape index (κ2) is 7.10. The summed E-state index contributed by atoms with van der Waals surface area (Å²) in [5.41, 5.74) is 0. The fourth-order valence-corrected chi connectivity index (χ4v) is 0.980. The van der Waals surface area contributed by atoms with Gasteiger partial charge in [0.2, 0.25) is 0 Å². The lowest BCUT2D eigenvalue weighted by molar-refractivity contribution is -0.313. The molecule has 0 N–H and O–H groups in total. The quantitative estimate of drug-likeness (QED) is 0.566. The predicted molar refractivity (Wildman–Crippen MR) is 44.5 cm³/mol. The van der Waals surface area contributed by atoms with E-state index in [0.717, 1.165) is 12.8 Å². The van der Waals surface area contributed by atoms with E-state index in [9.17, 15) is 9.90 Å². The Bertz CT molecular complexity index is 115. The van der Waals surface area contributed by atoms with E-state index in [1.807, 2.05) is 13.8 Å². The molecule has 0 radical (unpaired) electrons. The van der Waals surface area contributed by atoms with E-state index in [-0.39, 0.29) is 0 Å². The van der Waals surface area contributed by atoms with Crippen LogP contribution >= 0.6 is 0 Å². The Labute approximate surface area is 73.7 Å². The number of carbonyl (C=O) groups is 1. The molecule has 0 aliphatic carbocycles. The van der Waals surface area contributed by atoms with Gasteiger partial charge in [0, 0.05) is 18.5 Å². The molecule has 3 heteroatoms. The fraction of sp³-hybridized carbons (Fsp3) is 0.889. The van der Waals surface area contributed by atoms with Crippen molar-refractivity contribution < 1.29 is 14.6 Å². The first kappa shape index (κ1) is 11.4. The van der Waals surface area contributed by atoms with Crippen LogP contribution < -0.4 is 5.11 Å². The van der Waals surface area contributed by atoms with Crippen LogP contribution in [-0.2, 0) is 9.53 Å². The molecule has 0 aromatic rings. The van der Waals surface area contributed by atoms with Crippen LogP contribution in [0.5, 0.6) is 0 Å². The molecule has 0 aromatic heterocycles.